The van der Waals surface area contributed by atoms with Gasteiger partial charge in [0.15, 0.2) is 0 Å². The summed E-state index contributed by atoms with van der Waals surface area (Å²) in [6.45, 7) is 20.1. The van der Waals surface area contributed by atoms with Gasteiger partial charge in [-0.05, 0) is 71.3 Å². The molecule has 2 N–H and O–H groups in total. The molecule has 0 aliphatic carbocycles. The normalized spacial score (nSPS) is 14.1. The van der Waals surface area contributed by atoms with Crippen LogP contribution in [0.2, 0.25) is 0 Å². The summed E-state index contributed by atoms with van der Waals surface area (Å²) in [4.78, 5) is 42.5. The van der Waals surface area contributed by atoms with Crippen LogP contribution >= 0.6 is 0 Å². The first-order valence-electron chi connectivity index (χ1n) is 14.3. The Kier molecular flexibility index (Phi) is 13.9. The van der Waals surface area contributed by atoms with E-state index in [9.17, 15) is 14.4 Å². The Bertz CT molecular complexity index is 874. The van der Waals surface area contributed by atoms with E-state index in [2.05, 4.69) is 31.4 Å². The van der Waals surface area contributed by atoms with Gasteiger partial charge in [0.05, 0.1) is 0 Å². The van der Waals surface area contributed by atoms with Crippen molar-refractivity contribution >= 4 is 17.9 Å². The van der Waals surface area contributed by atoms with E-state index in [0.29, 0.717) is 12.5 Å². The summed E-state index contributed by atoms with van der Waals surface area (Å²) >= 11 is 0. The maximum absolute atomic E-state index is 14.3. The summed E-state index contributed by atoms with van der Waals surface area (Å²) in [5.41, 5.74) is 1.14. The number of hydrogen-bond donors (Lipinski definition) is 2. The van der Waals surface area contributed by atoms with Crippen LogP contribution in [-0.4, -0.2) is 47.0 Å². The Morgan fingerprint density at radius 3 is 2.05 bits per heavy atom. The average molecular weight is 532 g/mol. The first-order chi connectivity index (χ1) is 17.7. The zero-order chi connectivity index (χ0) is 29.0. The molecule has 0 heterocycles. The fourth-order valence-corrected chi connectivity index (χ4v) is 4.29. The molecule has 216 valence electrons. The Morgan fingerprint density at radius 2 is 1.55 bits per heavy atom. The van der Waals surface area contributed by atoms with E-state index < -0.39 is 23.8 Å². The lowest BCUT2D eigenvalue weighted by Crippen LogP contribution is -2.57. The fourth-order valence-electron chi connectivity index (χ4n) is 4.29. The molecule has 0 saturated heterocycles. The van der Waals surface area contributed by atoms with E-state index >= 15 is 0 Å². The van der Waals surface area contributed by atoms with E-state index in [0.717, 1.165) is 43.2 Å². The third kappa shape index (κ3) is 11.4. The summed E-state index contributed by atoms with van der Waals surface area (Å²) in [5.74, 6) is -0.233. The van der Waals surface area contributed by atoms with Crippen LogP contribution < -0.4 is 10.6 Å². The summed E-state index contributed by atoms with van der Waals surface area (Å²) < 4.78 is 5.47. The Balaban J connectivity index is 3.51. The monoisotopic (exact) mass is 531 g/mol. The average Bonchev–Trinajstić information content (AvgIpc) is 2.81. The summed E-state index contributed by atoms with van der Waals surface area (Å²) in [7, 11) is 0. The minimum atomic E-state index is -0.841. The number of aryl methyl sites for hydroxylation is 1. The molecule has 38 heavy (non-hydrogen) atoms. The molecular formula is C31H53N3O4. The largest absolute Gasteiger partial charge is 0.444 e. The highest BCUT2D eigenvalue weighted by Gasteiger charge is 2.39. The fraction of sp³-hybridized carbons (Fsp3) is 0.710. The molecule has 7 nitrogen and oxygen atoms in total. The zero-order valence-corrected chi connectivity index (χ0v) is 25.5. The van der Waals surface area contributed by atoms with Gasteiger partial charge < -0.3 is 20.3 Å². The van der Waals surface area contributed by atoms with Crippen molar-refractivity contribution in [1.82, 2.24) is 15.5 Å². The number of nitrogens with zero attached hydrogens (tertiary/aromatic N) is 1. The minimum Gasteiger partial charge on any atom is -0.444 e. The highest BCUT2D eigenvalue weighted by atomic mass is 16.6. The lowest BCUT2D eigenvalue weighted by atomic mass is 9.94. The molecule has 0 radical (unpaired) electrons. The maximum atomic E-state index is 14.3. The van der Waals surface area contributed by atoms with E-state index in [4.69, 9.17) is 4.74 Å². The number of amides is 3. The molecular weight excluding hydrogens is 478 g/mol. The number of nitrogens with one attached hydrogen (secondary N) is 2. The maximum Gasteiger partial charge on any atom is 0.408 e. The number of benzene rings is 1. The third-order valence-electron chi connectivity index (χ3n) is 6.50. The molecule has 3 amide bonds. The van der Waals surface area contributed by atoms with E-state index in [-0.39, 0.29) is 23.8 Å². The zero-order valence-electron chi connectivity index (χ0n) is 25.5. The second kappa shape index (κ2) is 15.7. The molecule has 0 saturated carbocycles. The molecule has 0 fully saturated rings. The van der Waals surface area contributed by atoms with Gasteiger partial charge in [-0.1, -0.05) is 77.3 Å². The van der Waals surface area contributed by atoms with Crippen LogP contribution in [0.1, 0.15) is 112 Å². The molecule has 3 unspecified atom stereocenters. The van der Waals surface area contributed by atoms with E-state index in [1.165, 1.54) is 0 Å². The Morgan fingerprint density at radius 1 is 0.947 bits per heavy atom. The first kappa shape index (κ1) is 33.5. The van der Waals surface area contributed by atoms with Crippen molar-refractivity contribution in [3.63, 3.8) is 0 Å². The number of carbonyl (C=O) groups excluding carboxylic acids is 3. The van der Waals surface area contributed by atoms with Crippen LogP contribution in [0.5, 0.6) is 0 Å². The van der Waals surface area contributed by atoms with Crippen molar-refractivity contribution in [2.45, 2.75) is 125 Å². The second-order valence-electron chi connectivity index (χ2n) is 12.2. The molecule has 0 spiro atoms. The van der Waals surface area contributed by atoms with Crippen LogP contribution in [0.3, 0.4) is 0 Å². The van der Waals surface area contributed by atoms with Gasteiger partial charge in [0, 0.05) is 12.6 Å². The molecule has 0 aromatic heterocycles. The van der Waals surface area contributed by atoms with Crippen LogP contribution in [0, 0.1) is 18.8 Å². The highest BCUT2D eigenvalue weighted by molar-refractivity contribution is 5.92. The number of unbranched alkanes of at least 4 members (excludes halogenated alkanes) is 2. The van der Waals surface area contributed by atoms with Crippen molar-refractivity contribution in [1.29, 1.82) is 0 Å². The molecule has 1 aromatic rings. The predicted octanol–water partition coefficient (Wildman–Crippen LogP) is 6.55. The Labute approximate surface area is 231 Å². The van der Waals surface area contributed by atoms with Crippen molar-refractivity contribution < 1.29 is 19.1 Å². The molecule has 3 atom stereocenters. The van der Waals surface area contributed by atoms with E-state index in [1.807, 2.05) is 52.0 Å². The van der Waals surface area contributed by atoms with E-state index in [1.54, 1.807) is 25.7 Å². The van der Waals surface area contributed by atoms with Crippen LogP contribution in [0.15, 0.2) is 24.3 Å². The lowest BCUT2D eigenvalue weighted by molar-refractivity contribution is -0.146. The minimum absolute atomic E-state index is 0.200. The highest BCUT2D eigenvalue weighted by Crippen LogP contribution is 2.29. The van der Waals surface area contributed by atoms with Gasteiger partial charge in [-0.2, -0.15) is 0 Å². The quantitative estimate of drug-likeness (QED) is 0.267. The first-order valence-corrected chi connectivity index (χ1v) is 14.3. The third-order valence-corrected chi connectivity index (χ3v) is 6.50. The van der Waals surface area contributed by atoms with Crippen LogP contribution in [-0.2, 0) is 14.3 Å². The molecule has 1 rings (SSSR count). The number of rotatable bonds is 14. The summed E-state index contributed by atoms with van der Waals surface area (Å²) in [5, 5.41) is 5.88. The number of ether oxygens (including phenoxy) is 1. The van der Waals surface area contributed by atoms with Crippen molar-refractivity contribution in [3.05, 3.63) is 35.4 Å². The second-order valence-corrected chi connectivity index (χ2v) is 12.2. The summed E-state index contributed by atoms with van der Waals surface area (Å²) in [6, 6.07) is 5.90. The predicted molar refractivity (Wildman–Crippen MR) is 155 cm³/mol. The van der Waals surface area contributed by atoms with Crippen molar-refractivity contribution in [2.24, 2.45) is 11.8 Å². The van der Waals surface area contributed by atoms with Crippen molar-refractivity contribution in [3.8, 4) is 0 Å². The number of hydrogen-bond acceptors (Lipinski definition) is 4. The van der Waals surface area contributed by atoms with Gasteiger partial charge in [0.25, 0.3) is 0 Å². The van der Waals surface area contributed by atoms with Gasteiger partial charge in [-0.3, -0.25) is 9.59 Å². The molecule has 0 aliphatic heterocycles. The SMILES string of the molecule is CCCCCNC(=O)C(c1ccc(C)cc1)N(C(=O)C(NC(=O)OC(C)(C)C)C(C)C)C(C)CCC(C)C. The molecule has 7 heteroatoms. The smallest absolute Gasteiger partial charge is 0.408 e. The lowest BCUT2D eigenvalue weighted by Gasteiger charge is -2.39. The molecule has 0 bridgehead atoms. The standard InChI is InChI=1S/C31H53N3O4/c1-11-12-13-20-32-28(35)27(25-18-15-23(6)16-19-25)34(24(7)17-14-21(2)3)29(36)26(22(4)5)33-30(37)38-31(8,9)10/h15-16,18-19,21-22,24,26-27H,11-14,17,20H2,1-10H3,(H,32,35)(H,33,37). The van der Waals surface area contributed by atoms with Gasteiger partial charge in [-0.25, -0.2) is 4.79 Å². The topological polar surface area (TPSA) is 87.7 Å². The van der Waals surface area contributed by atoms with Crippen molar-refractivity contribution in [2.75, 3.05) is 6.54 Å². The summed E-state index contributed by atoms with van der Waals surface area (Å²) in [6.07, 6.45) is 3.98. The number of carbonyl (C=O) groups is 3. The van der Waals surface area contributed by atoms with Gasteiger partial charge in [-0.15, -0.1) is 0 Å². The van der Waals surface area contributed by atoms with Crippen LogP contribution in [0.4, 0.5) is 4.79 Å². The van der Waals surface area contributed by atoms with Gasteiger partial charge >= 0.3 is 6.09 Å². The molecule has 1 aromatic carbocycles. The Hall–Kier alpha value is -2.57. The number of alkyl carbamates (subject to hydrolysis) is 1. The van der Waals surface area contributed by atoms with Gasteiger partial charge in [0.1, 0.15) is 17.7 Å². The molecule has 0 aliphatic rings. The van der Waals surface area contributed by atoms with Gasteiger partial charge in [0.2, 0.25) is 11.8 Å². The van der Waals surface area contributed by atoms with Crippen LogP contribution in [0.25, 0.3) is 0 Å².